The van der Waals surface area contributed by atoms with Gasteiger partial charge in [-0.3, -0.25) is 13.9 Å². The molecule has 0 aliphatic heterocycles. The van der Waals surface area contributed by atoms with Crippen LogP contribution in [0, 0.1) is 6.92 Å². The highest BCUT2D eigenvalue weighted by atomic mass is 32.2. The molecule has 0 spiro atoms. The molecule has 0 heterocycles. The number of nitrogens with zero attached hydrogens (tertiary/aromatic N) is 1. The van der Waals surface area contributed by atoms with Crippen molar-refractivity contribution in [2.75, 3.05) is 17.1 Å². The third-order valence-corrected chi connectivity index (χ3v) is 5.11. The minimum Gasteiger partial charge on any atom is -0.350 e. The van der Waals surface area contributed by atoms with E-state index in [9.17, 15) is 18.0 Å². The molecule has 0 aliphatic rings. The number of rotatable bonds is 7. The third-order valence-electron chi connectivity index (χ3n) is 3.97. The van der Waals surface area contributed by atoms with Crippen LogP contribution >= 0.6 is 0 Å². The Morgan fingerprint density at radius 1 is 1.08 bits per heavy atom. The van der Waals surface area contributed by atoms with Gasteiger partial charge < -0.3 is 5.32 Å². The SMILES string of the molecule is CC(=O)c1cccc(N(CC(=O)NCc2ccccc2C)S(C)(=O)=O)c1. The van der Waals surface area contributed by atoms with Crippen molar-refractivity contribution in [3.8, 4) is 0 Å². The first-order valence-corrected chi connectivity index (χ1v) is 9.93. The fourth-order valence-electron chi connectivity index (χ4n) is 2.47. The Kier molecular flexibility index (Phi) is 6.15. The van der Waals surface area contributed by atoms with Crippen molar-refractivity contribution in [3.05, 3.63) is 65.2 Å². The van der Waals surface area contributed by atoms with Gasteiger partial charge in [0.05, 0.1) is 11.9 Å². The maximum atomic E-state index is 12.3. The molecule has 0 unspecified atom stereocenters. The minimum absolute atomic E-state index is 0.177. The van der Waals surface area contributed by atoms with Crippen LogP contribution in [0.3, 0.4) is 0 Å². The second-order valence-electron chi connectivity index (χ2n) is 6.08. The molecule has 6 nitrogen and oxygen atoms in total. The molecule has 0 aliphatic carbocycles. The van der Waals surface area contributed by atoms with E-state index in [1.807, 2.05) is 31.2 Å². The summed E-state index contributed by atoms with van der Waals surface area (Å²) in [5, 5.41) is 2.74. The number of nitrogens with one attached hydrogen (secondary N) is 1. The molecule has 2 aromatic rings. The van der Waals surface area contributed by atoms with Gasteiger partial charge >= 0.3 is 0 Å². The highest BCUT2D eigenvalue weighted by Crippen LogP contribution is 2.19. The Balaban J connectivity index is 2.16. The van der Waals surface area contributed by atoms with E-state index >= 15 is 0 Å². The van der Waals surface area contributed by atoms with Crippen LogP contribution in [0.2, 0.25) is 0 Å². The first kappa shape index (κ1) is 19.7. The number of sulfonamides is 1. The molecule has 2 aromatic carbocycles. The number of carbonyl (C=O) groups is 2. The van der Waals surface area contributed by atoms with E-state index in [0.29, 0.717) is 12.1 Å². The maximum absolute atomic E-state index is 12.3. The summed E-state index contributed by atoms with van der Waals surface area (Å²) in [7, 11) is -3.69. The number of ketones is 1. The molecule has 2 rings (SSSR count). The lowest BCUT2D eigenvalue weighted by atomic mass is 10.1. The fraction of sp³-hybridized carbons (Fsp3) is 0.263. The van der Waals surface area contributed by atoms with Gasteiger partial charge in [0.25, 0.3) is 0 Å². The molecule has 0 bridgehead atoms. The number of Topliss-reactive ketones (excluding diaryl/α,β-unsaturated/α-hetero) is 1. The van der Waals surface area contributed by atoms with E-state index in [1.165, 1.54) is 13.0 Å². The average molecular weight is 374 g/mol. The molecule has 0 saturated carbocycles. The molecule has 0 saturated heterocycles. The molecule has 1 N–H and O–H groups in total. The highest BCUT2D eigenvalue weighted by molar-refractivity contribution is 7.92. The van der Waals surface area contributed by atoms with Gasteiger partial charge in [0.15, 0.2) is 5.78 Å². The van der Waals surface area contributed by atoms with Crippen LogP contribution in [-0.2, 0) is 21.4 Å². The van der Waals surface area contributed by atoms with E-state index in [4.69, 9.17) is 0 Å². The molecular weight excluding hydrogens is 352 g/mol. The van der Waals surface area contributed by atoms with Crippen LogP contribution in [0.25, 0.3) is 0 Å². The monoisotopic (exact) mass is 374 g/mol. The minimum atomic E-state index is -3.69. The summed E-state index contributed by atoms with van der Waals surface area (Å²) in [6.45, 7) is 3.30. The van der Waals surface area contributed by atoms with Gasteiger partial charge in [-0.25, -0.2) is 8.42 Å². The Bertz CT molecular complexity index is 923. The molecular formula is C19H22N2O4S. The highest BCUT2D eigenvalue weighted by Gasteiger charge is 2.21. The van der Waals surface area contributed by atoms with Gasteiger partial charge in [-0.2, -0.15) is 0 Å². The Morgan fingerprint density at radius 3 is 2.38 bits per heavy atom. The summed E-state index contributed by atoms with van der Waals surface area (Å²) >= 11 is 0. The van der Waals surface area contributed by atoms with E-state index in [0.717, 1.165) is 21.7 Å². The first-order valence-electron chi connectivity index (χ1n) is 8.08. The summed E-state index contributed by atoms with van der Waals surface area (Å²) in [6, 6.07) is 13.9. The summed E-state index contributed by atoms with van der Waals surface area (Å²) in [6.07, 6.45) is 1.03. The Labute approximate surface area is 153 Å². The van der Waals surface area contributed by atoms with Gasteiger partial charge in [0, 0.05) is 12.1 Å². The van der Waals surface area contributed by atoms with Crippen molar-refractivity contribution in [2.24, 2.45) is 0 Å². The Morgan fingerprint density at radius 2 is 1.77 bits per heavy atom. The van der Waals surface area contributed by atoms with Gasteiger partial charge in [0.1, 0.15) is 6.54 Å². The van der Waals surface area contributed by atoms with Gasteiger partial charge in [-0.05, 0) is 37.1 Å². The second-order valence-corrected chi connectivity index (χ2v) is 7.99. The summed E-state index contributed by atoms with van der Waals surface area (Å²) in [5.74, 6) is -0.601. The topological polar surface area (TPSA) is 83.6 Å². The lowest BCUT2D eigenvalue weighted by Gasteiger charge is -2.22. The number of aryl methyl sites for hydroxylation is 1. The van der Waals surface area contributed by atoms with Gasteiger partial charge in [-0.1, -0.05) is 36.4 Å². The van der Waals surface area contributed by atoms with Crippen molar-refractivity contribution < 1.29 is 18.0 Å². The summed E-state index contributed by atoms with van der Waals surface area (Å²) in [5.41, 5.74) is 2.68. The normalized spacial score (nSPS) is 11.0. The number of anilines is 1. The van der Waals surface area contributed by atoms with Crippen molar-refractivity contribution in [1.82, 2.24) is 5.32 Å². The van der Waals surface area contributed by atoms with Crippen LogP contribution in [0.5, 0.6) is 0 Å². The zero-order chi connectivity index (χ0) is 19.3. The Hall–Kier alpha value is -2.67. The lowest BCUT2D eigenvalue weighted by molar-refractivity contribution is -0.119. The number of amides is 1. The number of hydrogen-bond acceptors (Lipinski definition) is 4. The fourth-order valence-corrected chi connectivity index (χ4v) is 3.32. The second kappa shape index (κ2) is 8.14. The molecule has 26 heavy (non-hydrogen) atoms. The maximum Gasteiger partial charge on any atom is 0.241 e. The molecule has 0 atom stereocenters. The standard InChI is InChI=1S/C19H22N2O4S/c1-14-7-4-5-8-17(14)12-20-19(23)13-21(26(3,24)25)18-10-6-9-16(11-18)15(2)22/h4-11H,12-13H2,1-3H3,(H,20,23). The van der Waals surface area contributed by atoms with Crippen LogP contribution in [-0.4, -0.2) is 32.9 Å². The van der Waals surface area contributed by atoms with Crippen LogP contribution < -0.4 is 9.62 Å². The van der Waals surface area contributed by atoms with Gasteiger partial charge in [-0.15, -0.1) is 0 Å². The van der Waals surface area contributed by atoms with E-state index < -0.39 is 15.9 Å². The molecule has 7 heteroatoms. The number of hydrogen-bond donors (Lipinski definition) is 1. The summed E-state index contributed by atoms with van der Waals surface area (Å²) < 4.78 is 25.3. The van der Waals surface area contributed by atoms with E-state index in [-0.39, 0.29) is 18.0 Å². The zero-order valence-electron chi connectivity index (χ0n) is 15.0. The molecule has 0 fully saturated rings. The molecule has 1 amide bonds. The van der Waals surface area contributed by atoms with Crippen molar-refractivity contribution in [1.29, 1.82) is 0 Å². The largest absolute Gasteiger partial charge is 0.350 e. The van der Waals surface area contributed by atoms with Crippen molar-refractivity contribution in [2.45, 2.75) is 20.4 Å². The average Bonchev–Trinajstić information content (AvgIpc) is 2.58. The van der Waals surface area contributed by atoms with Crippen LogP contribution in [0.4, 0.5) is 5.69 Å². The molecule has 0 aromatic heterocycles. The van der Waals surface area contributed by atoms with Crippen molar-refractivity contribution in [3.63, 3.8) is 0 Å². The van der Waals surface area contributed by atoms with Crippen LogP contribution in [0.1, 0.15) is 28.4 Å². The molecule has 0 radical (unpaired) electrons. The smallest absolute Gasteiger partial charge is 0.241 e. The first-order chi connectivity index (χ1) is 12.2. The van der Waals surface area contributed by atoms with E-state index in [2.05, 4.69) is 5.32 Å². The third kappa shape index (κ3) is 5.16. The van der Waals surface area contributed by atoms with Crippen molar-refractivity contribution >= 4 is 27.4 Å². The number of benzene rings is 2. The zero-order valence-corrected chi connectivity index (χ0v) is 15.8. The van der Waals surface area contributed by atoms with Gasteiger partial charge in [0.2, 0.25) is 15.9 Å². The van der Waals surface area contributed by atoms with Crippen LogP contribution in [0.15, 0.2) is 48.5 Å². The van der Waals surface area contributed by atoms with E-state index in [1.54, 1.807) is 18.2 Å². The number of carbonyl (C=O) groups excluding carboxylic acids is 2. The quantitative estimate of drug-likeness (QED) is 0.754. The molecule has 138 valence electrons. The summed E-state index contributed by atoms with van der Waals surface area (Å²) in [4.78, 5) is 23.8. The predicted molar refractivity (Wildman–Crippen MR) is 102 cm³/mol. The lowest BCUT2D eigenvalue weighted by Crippen LogP contribution is -2.40. The predicted octanol–water partition coefficient (Wildman–Crippen LogP) is 2.28.